The van der Waals surface area contributed by atoms with E-state index in [9.17, 15) is 23.3 Å². The second-order valence-corrected chi connectivity index (χ2v) is 10.2. The molecule has 2 aromatic rings. The number of benzene rings is 2. The zero-order chi connectivity index (χ0) is 24.0. The van der Waals surface area contributed by atoms with Crippen molar-refractivity contribution < 1.29 is 18.1 Å². The lowest BCUT2D eigenvalue weighted by atomic mass is 10.1. The summed E-state index contributed by atoms with van der Waals surface area (Å²) in [7, 11) is -3.86. The van der Waals surface area contributed by atoms with Crippen molar-refractivity contribution in [1.82, 2.24) is 10.2 Å². The molecular weight excluding hydrogens is 444 g/mol. The van der Waals surface area contributed by atoms with Crippen LogP contribution in [0.3, 0.4) is 0 Å². The molecule has 1 fully saturated rings. The fourth-order valence-corrected chi connectivity index (χ4v) is 5.19. The van der Waals surface area contributed by atoms with Crippen LogP contribution in [0.25, 0.3) is 0 Å². The van der Waals surface area contributed by atoms with E-state index in [1.165, 1.54) is 49.9 Å². The summed E-state index contributed by atoms with van der Waals surface area (Å²) in [4.78, 5) is 25.7. The summed E-state index contributed by atoms with van der Waals surface area (Å²) < 4.78 is 25.7. The van der Waals surface area contributed by atoms with Crippen LogP contribution < -0.4 is 9.62 Å². The number of carbonyl (C=O) groups is 1. The van der Waals surface area contributed by atoms with Crippen LogP contribution in [0, 0.1) is 10.1 Å². The van der Waals surface area contributed by atoms with Crippen LogP contribution in [0.1, 0.15) is 37.3 Å². The van der Waals surface area contributed by atoms with E-state index in [0.29, 0.717) is 0 Å². The van der Waals surface area contributed by atoms with Crippen molar-refractivity contribution in [2.45, 2.75) is 45.3 Å². The number of nitrogens with zero attached hydrogens (tertiary/aromatic N) is 3. The Labute approximate surface area is 194 Å². The predicted octanol–water partition coefficient (Wildman–Crippen LogP) is 3.05. The van der Waals surface area contributed by atoms with Gasteiger partial charge in [-0.25, -0.2) is 8.42 Å². The number of nitro groups is 1. The molecular formula is C23H30N4O5S. The summed E-state index contributed by atoms with van der Waals surface area (Å²) in [6.07, 6.45) is 4.74. The lowest BCUT2D eigenvalue weighted by Gasteiger charge is -2.28. The van der Waals surface area contributed by atoms with Gasteiger partial charge in [0, 0.05) is 25.2 Å². The quantitative estimate of drug-likeness (QED) is 0.441. The highest BCUT2D eigenvalue weighted by Crippen LogP contribution is 2.25. The molecule has 1 heterocycles. The maximum atomic E-state index is 12.8. The van der Waals surface area contributed by atoms with Crippen molar-refractivity contribution in [3.05, 3.63) is 69.8 Å². The van der Waals surface area contributed by atoms with E-state index >= 15 is 0 Å². The summed E-state index contributed by atoms with van der Waals surface area (Å²) in [5.41, 5.74) is 1.93. The smallest absolute Gasteiger partial charge is 0.271 e. The fourth-order valence-electron chi connectivity index (χ4n) is 4.03. The van der Waals surface area contributed by atoms with Crippen molar-refractivity contribution in [3.8, 4) is 0 Å². The molecule has 0 aliphatic carbocycles. The average molecular weight is 475 g/mol. The topological polar surface area (TPSA) is 113 Å². The molecule has 0 radical (unpaired) electrons. The van der Waals surface area contributed by atoms with Gasteiger partial charge in [-0.2, -0.15) is 0 Å². The van der Waals surface area contributed by atoms with Gasteiger partial charge in [0.2, 0.25) is 15.9 Å². The molecule has 1 N–H and O–H groups in total. The molecule has 33 heavy (non-hydrogen) atoms. The van der Waals surface area contributed by atoms with Gasteiger partial charge in [0.1, 0.15) is 6.04 Å². The van der Waals surface area contributed by atoms with Crippen LogP contribution in [0.4, 0.5) is 11.4 Å². The number of carbonyl (C=O) groups excluding carboxylic acids is 1. The van der Waals surface area contributed by atoms with E-state index in [1.807, 2.05) is 24.3 Å². The maximum absolute atomic E-state index is 12.8. The number of nitro benzene ring substituents is 1. The standard InChI is InChI=1S/C23H30N4O5S/c1-18(26(33(2,31)32)21-7-6-8-22(15-21)27(29)30)23(28)24-16-19-9-11-20(12-10-19)17-25-13-4-3-5-14-25/h6-12,15,18H,3-5,13-14,16-17H2,1-2H3,(H,24,28). The molecule has 1 amide bonds. The van der Waals surface area contributed by atoms with Gasteiger partial charge in [0.25, 0.3) is 5.69 Å². The fraction of sp³-hybridized carbons (Fsp3) is 0.435. The van der Waals surface area contributed by atoms with Gasteiger partial charge in [-0.1, -0.05) is 36.8 Å². The highest BCUT2D eigenvalue weighted by Gasteiger charge is 2.30. The minimum atomic E-state index is -3.86. The van der Waals surface area contributed by atoms with E-state index in [-0.39, 0.29) is 17.9 Å². The number of hydrogen-bond donors (Lipinski definition) is 1. The van der Waals surface area contributed by atoms with Gasteiger partial charge in [0.05, 0.1) is 16.9 Å². The number of amides is 1. The Bertz CT molecular complexity index is 1080. The third-order valence-corrected chi connectivity index (χ3v) is 6.97. The first-order chi connectivity index (χ1) is 15.6. The Morgan fingerprint density at radius 1 is 1.12 bits per heavy atom. The van der Waals surface area contributed by atoms with E-state index < -0.39 is 26.9 Å². The van der Waals surface area contributed by atoms with Crippen molar-refractivity contribution in [2.24, 2.45) is 0 Å². The predicted molar refractivity (Wildman–Crippen MR) is 127 cm³/mol. The number of anilines is 1. The van der Waals surface area contributed by atoms with E-state index in [2.05, 4.69) is 10.2 Å². The monoisotopic (exact) mass is 474 g/mol. The Kier molecular flexibility index (Phi) is 8.04. The lowest BCUT2D eigenvalue weighted by molar-refractivity contribution is -0.384. The van der Waals surface area contributed by atoms with Gasteiger partial charge in [0.15, 0.2) is 0 Å². The van der Waals surface area contributed by atoms with Crippen LogP contribution in [0.15, 0.2) is 48.5 Å². The molecule has 0 spiro atoms. The zero-order valence-corrected chi connectivity index (χ0v) is 19.8. The van der Waals surface area contributed by atoms with Crippen LogP contribution in [-0.2, 0) is 27.9 Å². The second-order valence-electron chi connectivity index (χ2n) is 8.38. The third-order valence-electron chi connectivity index (χ3n) is 5.73. The zero-order valence-electron chi connectivity index (χ0n) is 18.9. The van der Waals surface area contributed by atoms with Crippen LogP contribution in [0.2, 0.25) is 0 Å². The normalized spacial score (nSPS) is 15.6. The van der Waals surface area contributed by atoms with Gasteiger partial charge in [-0.15, -0.1) is 0 Å². The van der Waals surface area contributed by atoms with Crippen molar-refractivity contribution in [3.63, 3.8) is 0 Å². The number of non-ortho nitro benzene ring substituents is 1. The molecule has 0 saturated carbocycles. The summed E-state index contributed by atoms with van der Waals surface area (Å²) >= 11 is 0. The first-order valence-electron chi connectivity index (χ1n) is 11.0. The SMILES string of the molecule is CC(C(=O)NCc1ccc(CN2CCCCC2)cc1)N(c1cccc([N+](=O)[O-])c1)S(C)(=O)=O. The van der Waals surface area contributed by atoms with Crippen molar-refractivity contribution in [1.29, 1.82) is 0 Å². The van der Waals surface area contributed by atoms with E-state index in [0.717, 1.165) is 41.8 Å². The van der Waals surface area contributed by atoms with E-state index in [4.69, 9.17) is 0 Å². The summed E-state index contributed by atoms with van der Waals surface area (Å²) in [6.45, 7) is 4.86. The Morgan fingerprint density at radius 2 is 1.76 bits per heavy atom. The molecule has 0 aromatic heterocycles. The molecule has 3 rings (SSSR count). The Balaban J connectivity index is 1.64. The number of sulfonamides is 1. The molecule has 1 aliphatic heterocycles. The number of likely N-dealkylation sites (tertiary alicyclic amines) is 1. The molecule has 1 aliphatic rings. The molecule has 2 aromatic carbocycles. The number of piperidine rings is 1. The molecule has 0 bridgehead atoms. The second kappa shape index (κ2) is 10.8. The largest absolute Gasteiger partial charge is 0.350 e. The van der Waals surface area contributed by atoms with Crippen molar-refractivity contribution in [2.75, 3.05) is 23.7 Å². The maximum Gasteiger partial charge on any atom is 0.271 e. The van der Waals surface area contributed by atoms with Crippen LogP contribution in [-0.4, -0.2) is 49.5 Å². The van der Waals surface area contributed by atoms with Gasteiger partial charge < -0.3 is 5.32 Å². The highest BCUT2D eigenvalue weighted by molar-refractivity contribution is 7.92. The summed E-state index contributed by atoms with van der Waals surface area (Å²) in [6, 6.07) is 12.2. The molecule has 1 unspecified atom stereocenters. The third kappa shape index (κ3) is 6.75. The van der Waals surface area contributed by atoms with Gasteiger partial charge in [-0.05, 0) is 50.0 Å². The summed E-state index contributed by atoms with van der Waals surface area (Å²) in [5, 5.41) is 13.8. The van der Waals surface area contributed by atoms with Crippen molar-refractivity contribution >= 4 is 27.3 Å². The number of hydrogen-bond acceptors (Lipinski definition) is 6. The van der Waals surface area contributed by atoms with Gasteiger partial charge >= 0.3 is 0 Å². The minimum Gasteiger partial charge on any atom is -0.350 e. The first-order valence-corrected chi connectivity index (χ1v) is 12.8. The molecule has 1 saturated heterocycles. The van der Waals surface area contributed by atoms with Crippen LogP contribution >= 0.6 is 0 Å². The molecule has 1 atom stereocenters. The Morgan fingerprint density at radius 3 is 2.36 bits per heavy atom. The van der Waals surface area contributed by atoms with Gasteiger partial charge in [-0.3, -0.25) is 24.1 Å². The summed E-state index contributed by atoms with van der Waals surface area (Å²) in [5.74, 6) is -0.496. The van der Waals surface area contributed by atoms with E-state index in [1.54, 1.807) is 0 Å². The lowest BCUT2D eigenvalue weighted by Crippen LogP contribution is -2.47. The average Bonchev–Trinajstić information content (AvgIpc) is 2.78. The molecule has 10 heteroatoms. The number of rotatable bonds is 9. The highest BCUT2D eigenvalue weighted by atomic mass is 32.2. The number of nitrogens with one attached hydrogen (secondary N) is 1. The molecule has 9 nitrogen and oxygen atoms in total. The minimum absolute atomic E-state index is 0.0661. The molecule has 178 valence electrons. The van der Waals surface area contributed by atoms with Crippen LogP contribution in [0.5, 0.6) is 0 Å². The first kappa shape index (κ1) is 24.7. The Hall–Kier alpha value is -2.98.